The van der Waals surface area contributed by atoms with Crippen molar-refractivity contribution in [2.75, 3.05) is 13.7 Å². The summed E-state index contributed by atoms with van der Waals surface area (Å²) in [5.41, 5.74) is 8.42. The molecule has 25 heavy (non-hydrogen) atoms. The van der Waals surface area contributed by atoms with Gasteiger partial charge in [0.2, 0.25) is 0 Å². The summed E-state index contributed by atoms with van der Waals surface area (Å²) in [6.45, 7) is 2.15. The molecule has 0 aromatic heterocycles. The molecule has 5 heteroatoms. The van der Waals surface area contributed by atoms with Crippen LogP contribution in [0.3, 0.4) is 0 Å². The number of esters is 1. The maximum absolute atomic E-state index is 13.6. The van der Waals surface area contributed by atoms with Gasteiger partial charge in [0.05, 0.1) is 20.1 Å². The van der Waals surface area contributed by atoms with Crippen LogP contribution in [0.4, 0.5) is 4.39 Å². The Kier molecular flexibility index (Phi) is 4.77. The van der Waals surface area contributed by atoms with Crippen molar-refractivity contribution in [3.05, 3.63) is 53.8 Å². The average Bonchev–Trinajstić information content (AvgIpc) is 3.26. The highest BCUT2D eigenvalue weighted by molar-refractivity contribution is 5.73. The summed E-state index contributed by atoms with van der Waals surface area (Å²) in [6, 6.07) is 12.3. The number of carbonyl (C=O) groups excluding carboxylic acids is 1. The van der Waals surface area contributed by atoms with Gasteiger partial charge < -0.3 is 15.2 Å². The summed E-state index contributed by atoms with van der Waals surface area (Å²) in [6.07, 6.45) is 0.986. The Bertz CT molecular complexity index is 775. The van der Waals surface area contributed by atoms with Gasteiger partial charge in [-0.3, -0.25) is 4.79 Å². The Hall–Kier alpha value is -2.40. The molecule has 0 radical (unpaired) electrons. The van der Waals surface area contributed by atoms with Gasteiger partial charge in [-0.25, -0.2) is 4.39 Å². The smallest absolute Gasteiger partial charge is 0.307 e. The van der Waals surface area contributed by atoms with E-state index < -0.39 is 5.54 Å². The molecule has 2 aromatic rings. The Morgan fingerprint density at radius 2 is 2.00 bits per heavy atom. The molecule has 1 aliphatic rings. The lowest BCUT2D eigenvalue weighted by Gasteiger charge is -2.12. The molecule has 0 bridgehead atoms. The van der Waals surface area contributed by atoms with Crippen molar-refractivity contribution in [3.63, 3.8) is 0 Å². The van der Waals surface area contributed by atoms with Crippen molar-refractivity contribution in [1.82, 2.24) is 0 Å². The molecule has 132 valence electrons. The molecule has 0 heterocycles. The minimum absolute atomic E-state index is 0.139. The van der Waals surface area contributed by atoms with Gasteiger partial charge in [0, 0.05) is 17.0 Å². The van der Waals surface area contributed by atoms with Gasteiger partial charge in [0.15, 0.2) is 0 Å². The molecule has 2 unspecified atom stereocenters. The summed E-state index contributed by atoms with van der Waals surface area (Å²) in [4.78, 5) is 11.7. The van der Waals surface area contributed by atoms with Gasteiger partial charge in [-0.2, -0.15) is 0 Å². The molecule has 2 aromatic carbocycles. The summed E-state index contributed by atoms with van der Waals surface area (Å²) in [7, 11) is 1.56. The minimum Gasteiger partial charge on any atom is -0.496 e. The van der Waals surface area contributed by atoms with Crippen molar-refractivity contribution in [2.24, 2.45) is 5.73 Å². The van der Waals surface area contributed by atoms with Crippen LogP contribution in [0.1, 0.15) is 31.2 Å². The van der Waals surface area contributed by atoms with E-state index >= 15 is 0 Å². The fraction of sp³-hybridized carbons (Fsp3) is 0.350. The largest absolute Gasteiger partial charge is 0.496 e. The van der Waals surface area contributed by atoms with Crippen LogP contribution in [-0.2, 0) is 9.53 Å². The molecule has 2 N–H and O–H groups in total. The van der Waals surface area contributed by atoms with Crippen LogP contribution in [0.5, 0.6) is 5.75 Å². The first kappa shape index (κ1) is 17.4. The Morgan fingerprint density at radius 3 is 2.64 bits per heavy atom. The predicted molar refractivity (Wildman–Crippen MR) is 93.9 cm³/mol. The lowest BCUT2D eigenvalue weighted by Crippen LogP contribution is -2.29. The van der Waals surface area contributed by atoms with Gasteiger partial charge in [0.1, 0.15) is 11.6 Å². The molecule has 4 nitrogen and oxygen atoms in total. The minimum atomic E-state index is -0.523. The number of hydrogen-bond acceptors (Lipinski definition) is 4. The first-order valence-electron chi connectivity index (χ1n) is 8.35. The van der Waals surface area contributed by atoms with E-state index in [0.29, 0.717) is 17.9 Å². The quantitative estimate of drug-likeness (QED) is 0.814. The molecule has 0 saturated heterocycles. The third-order valence-corrected chi connectivity index (χ3v) is 4.68. The third-order valence-electron chi connectivity index (χ3n) is 4.68. The third kappa shape index (κ3) is 3.66. The fourth-order valence-electron chi connectivity index (χ4n) is 3.25. The summed E-state index contributed by atoms with van der Waals surface area (Å²) < 4.78 is 23.9. The van der Waals surface area contributed by atoms with Crippen molar-refractivity contribution in [2.45, 2.75) is 31.2 Å². The first-order valence-corrected chi connectivity index (χ1v) is 8.35. The Labute approximate surface area is 146 Å². The Balaban J connectivity index is 1.76. The van der Waals surface area contributed by atoms with Crippen LogP contribution < -0.4 is 10.5 Å². The molecular formula is C20H22FNO3. The van der Waals surface area contributed by atoms with E-state index in [1.54, 1.807) is 20.1 Å². The summed E-state index contributed by atoms with van der Waals surface area (Å²) in [5.74, 6) is 0.197. The van der Waals surface area contributed by atoms with E-state index in [9.17, 15) is 9.18 Å². The molecule has 0 spiro atoms. The van der Waals surface area contributed by atoms with E-state index in [0.717, 1.165) is 17.5 Å². The number of carbonyl (C=O) groups is 1. The van der Waals surface area contributed by atoms with Gasteiger partial charge in [-0.1, -0.05) is 24.3 Å². The second-order valence-corrected chi connectivity index (χ2v) is 6.44. The van der Waals surface area contributed by atoms with E-state index in [4.69, 9.17) is 15.2 Å². The zero-order valence-electron chi connectivity index (χ0n) is 14.4. The number of hydrogen-bond donors (Lipinski definition) is 1. The molecule has 0 aliphatic heterocycles. The molecule has 3 rings (SSSR count). The highest BCUT2D eigenvalue weighted by Crippen LogP contribution is 2.52. The highest BCUT2D eigenvalue weighted by atomic mass is 19.1. The normalized spacial score (nSPS) is 21.7. The topological polar surface area (TPSA) is 61.5 Å². The van der Waals surface area contributed by atoms with Crippen molar-refractivity contribution < 1.29 is 18.7 Å². The Morgan fingerprint density at radius 1 is 1.28 bits per heavy atom. The molecule has 1 aliphatic carbocycles. The van der Waals surface area contributed by atoms with Crippen molar-refractivity contribution >= 4 is 5.97 Å². The van der Waals surface area contributed by atoms with Crippen LogP contribution in [0.2, 0.25) is 0 Å². The standard InChI is InChI=1S/C20H22FNO3/c1-3-25-19(23)12-20(22)11-17(20)14-6-4-13(5-7-14)16-10-15(21)8-9-18(16)24-2/h4-10,17H,3,11-12,22H2,1-2H3. The fourth-order valence-corrected chi connectivity index (χ4v) is 3.25. The van der Waals surface area contributed by atoms with Crippen LogP contribution in [0, 0.1) is 5.82 Å². The van der Waals surface area contributed by atoms with Gasteiger partial charge in [-0.05, 0) is 42.7 Å². The molecular weight excluding hydrogens is 321 g/mol. The number of rotatable bonds is 6. The molecule has 2 atom stereocenters. The zero-order chi connectivity index (χ0) is 18.0. The second kappa shape index (κ2) is 6.84. The SMILES string of the molecule is CCOC(=O)CC1(N)CC1c1ccc(-c2cc(F)ccc2OC)cc1. The van der Waals surface area contributed by atoms with E-state index in [1.807, 2.05) is 24.3 Å². The van der Waals surface area contributed by atoms with Crippen LogP contribution >= 0.6 is 0 Å². The van der Waals surface area contributed by atoms with Gasteiger partial charge in [-0.15, -0.1) is 0 Å². The molecule has 0 amide bonds. The number of benzene rings is 2. The van der Waals surface area contributed by atoms with E-state index in [2.05, 4.69) is 0 Å². The van der Waals surface area contributed by atoms with Crippen LogP contribution in [-0.4, -0.2) is 25.2 Å². The zero-order valence-corrected chi connectivity index (χ0v) is 14.4. The molecule has 1 fully saturated rings. The summed E-state index contributed by atoms with van der Waals surface area (Å²) >= 11 is 0. The number of ether oxygens (including phenoxy) is 2. The predicted octanol–water partition coefficient (Wildman–Crippen LogP) is 3.64. The van der Waals surface area contributed by atoms with Gasteiger partial charge >= 0.3 is 5.97 Å². The number of methoxy groups -OCH3 is 1. The van der Waals surface area contributed by atoms with Crippen LogP contribution in [0.25, 0.3) is 11.1 Å². The molecule has 1 saturated carbocycles. The average molecular weight is 343 g/mol. The number of nitrogens with two attached hydrogens (primary N) is 1. The number of halogens is 1. The van der Waals surface area contributed by atoms with Crippen LogP contribution in [0.15, 0.2) is 42.5 Å². The van der Waals surface area contributed by atoms with Crippen molar-refractivity contribution in [3.8, 4) is 16.9 Å². The highest BCUT2D eigenvalue weighted by Gasteiger charge is 2.53. The lowest BCUT2D eigenvalue weighted by atomic mass is 9.99. The van der Waals surface area contributed by atoms with E-state index in [1.165, 1.54) is 12.1 Å². The van der Waals surface area contributed by atoms with Crippen molar-refractivity contribution in [1.29, 1.82) is 0 Å². The first-order chi connectivity index (χ1) is 12.0. The lowest BCUT2D eigenvalue weighted by molar-refractivity contribution is -0.143. The van der Waals surface area contributed by atoms with Gasteiger partial charge in [0.25, 0.3) is 0 Å². The maximum atomic E-state index is 13.6. The summed E-state index contributed by atoms with van der Waals surface area (Å²) in [5, 5.41) is 0. The maximum Gasteiger partial charge on any atom is 0.307 e. The second-order valence-electron chi connectivity index (χ2n) is 6.44. The van der Waals surface area contributed by atoms with E-state index in [-0.39, 0.29) is 24.1 Å². The monoisotopic (exact) mass is 343 g/mol.